The van der Waals surface area contributed by atoms with E-state index in [1.807, 2.05) is 20.8 Å². The van der Waals surface area contributed by atoms with E-state index in [0.717, 1.165) is 9.25 Å². The van der Waals surface area contributed by atoms with Gasteiger partial charge in [0.1, 0.15) is 18.6 Å². The summed E-state index contributed by atoms with van der Waals surface area (Å²) in [5, 5.41) is 8.85. The van der Waals surface area contributed by atoms with Crippen LogP contribution in [0.1, 0.15) is 26.6 Å². The summed E-state index contributed by atoms with van der Waals surface area (Å²) >= 11 is 12.1. The molecule has 0 amide bonds. The molecule has 0 saturated heterocycles. The highest BCUT2D eigenvalue weighted by atomic mass is 35.5. The summed E-state index contributed by atoms with van der Waals surface area (Å²) < 4.78 is 52.0. The van der Waals surface area contributed by atoms with Crippen molar-refractivity contribution in [3.63, 3.8) is 0 Å². The van der Waals surface area contributed by atoms with E-state index < -0.39 is 37.9 Å². The Hall–Kier alpha value is -3.00. The van der Waals surface area contributed by atoms with Gasteiger partial charge in [-0.1, -0.05) is 44.0 Å². The van der Waals surface area contributed by atoms with Gasteiger partial charge in [-0.2, -0.15) is 13.2 Å². The van der Waals surface area contributed by atoms with Gasteiger partial charge in [-0.25, -0.2) is 24.1 Å². The van der Waals surface area contributed by atoms with Crippen LogP contribution in [0.4, 0.5) is 13.2 Å². The second-order valence-corrected chi connectivity index (χ2v) is 16.3. The maximum atomic E-state index is 14.3. The number of nitrogens with zero attached hydrogens (tertiary/aromatic N) is 7. The number of hydrogen-bond acceptors (Lipinski definition) is 6. The summed E-state index contributed by atoms with van der Waals surface area (Å²) in [4.78, 5) is 21.7. The predicted octanol–water partition coefficient (Wildman–Crippen LogP) is 6.00. The minimum atomic E-state index is -4.72. The highest BCUT2D eigenvalue weighted by Crippen LogP contribution is 2.40. The lowest BCUT2D eigenvalue weighted by Gasteiger charge is -2.39. The first kappa shape index (κ1) is 30.0. The molecule has 0 saturated carbocycles. The third-order valence-electron chi connectivity index (χ3n) is 6.80. The molecule has 214 valence electrons. The Morgan fingerprint density at radius 2 is 1.70 bits per heavy atom. The molecule has 0 bridgehead atoms. The molecule has 0 N–H and O–H groups in total. The van der Waals surface area contributed by atoms with Crippen LogP contribution in [0.2, 0.25) is 28.3 Å². The minimum Gasteiger partial charge on any atom is -0.404 e. The van der Waals surface area contributed by atoms with Gasteiger partial charge in [0.15, 0.2) is 31.2 Å². The summed E-state index contributed by atoms with van der Waals surface area (Å²) in [6, 6.07) is 9.67. The highest BCUT2D eigenvalue weighted by molar-refractivity contribution is 6.74. The van der Waals surface area contributed by atoms with E-state index in [4.69, 9.17) is 27.6 Å². The van der Waals surface area contributed by atoms with Gasteiger partial charge in [-0.15, -0.1) is 10.2 Å². The summed E-state index contributed by atoms with van der Waals surface area (Å²) in [6.45, 7) is 8.03. The van der Waals surface area contributed by atoms with Crippen LogP contribution in [0.25, 0.3) is 17.1 Å². The van der Waals surface area contributed by atoms with Crippen molar-refractivity contribution in [2.45, 2.75) is 64.3 Å². The summed E-state index contributed by atoms with van der Waals surface area (Å²) in [5.74, 6) is 0.226. The first-order chi connectivity index (χ1) is 18.6. The maximum Gasteiger partial charge on any atom is 0.415 e. The zero-order chi connectivity index (χ0) is 29.5. The number of pyridine rings is 1. The molecule has 15 heteroatoms. The Morgan fingerprint density at radius 3 is 2.30 bits per heavy atom. The second-order valence-electron chi connectivity index (χ2n) is 10.7. The van der Waals surface area contributed by atoms with Crippen LogP contribution in [0, 0.1) is 0 Å². The van der Waals surface area contributed by atoms with Gasteiger partial charge in [-0.05, 0) is 54.5 Å². The number of benzene rings is 1. The van der Waals surface area contributed by atoms with E-state index in [-0.39, 0.29) is 23.3 Å². The van der Waals surface area contributed by atoms with Gasteiger partial charge in [-0.3, -0.25) is 4.57 Å². The molecule has 1 atom stereocenters. The van der Waals surface area contributed by atoms with Crippen molar-refractivity contribution in [2.75, 3.05) is 0 Å². The lowest BCUT2D eigenvalue weighted by atomic mass is 10.2. The number of aromatic nitrogens is 7. The van der Waals surface area contributed by atoms with Crippen molar-refractivity contribution in [1.82, 2.24) is 34.1 Å². The van der Waals surface area contributed by atoms with Crippen molar-refractivity contribution in [3.05, 3.63) is 75.4 Å². The zero-order valence-electron chi connectivity index (χ0n) is 22.4. The first-order valence-corrected chi connectivity index (χ1v) is 15.9. The van der Waals surface area contributed by atoms with Gasteiger partial charge in [0, 0.05) is 16.8 Å². The molecule has 0 aliphatic heterocycles. The largest absolute Gasteiger partial charge is 0.415 e. The SMILES string of the molecule is CC(C)(C)[Si](C)(C)OC(Cn1c(-c2ccc(Cl)cc2)nn(Cc2ncn(-c3cccnc3Cl)n2)c1=O)C(F)(F)F. The molecule has 3 aromatic heterocycles. The minimum absolute atomic E-state index is 0.0319. The van der Waals surface area contributed by atoms with Gasteiger partial charge >= 0.3 is 11.9 Å². The van der Waals surface area contributed by atoms with Crippen LogP contribution in [-0.4, -0.2) is 54.7 Å². The number of rotatable bonds is 8. The lowest BCUT2D eigenvalue weighted by molar-refractivity contribution is -0.202. The Balaban J connectivity index is 1.74. The highest BCUT2D eigenvalue weighted by Gasteiger charge is 2.48. The fourth-order valence-electron chi connectivity index (χ4n) is 3.60. The molecule has 1 aromatic carbocycles. The van der Waals surface area contributed by atoms with E-state index in [0.29, 0.717) is 16.3 Å². The Labute approximate surface area is 239 Å². The predicted molar refractivity (Wildman–Crippen MR) is 148 cm³/mol. The summed E-state index contributed by atoms with van der Waals surface area (Å²) in [5.41, 5.74) is 0.112. The van der Waals surface area contributed by atoms with E-state index in [1.54, 1.807) is 49.5 Å². The molecule has 0 aliphatic rings. The lowest BCUT2D eigenvalue weighted by Crippen LogP contribution is -2.50. The fourth-order valence-corrected chi connectivity index (χ4v) is 5.20. The molecule has 4 aromatic rings. The Bertz CT molecular complexity index is 1540. The molecular weight excluding hydrogens is 586 g/mol. The topological polar surface area (TPSA) is 92.7 Å². The van der Waals surface area contributed by atoms with Crippen molar-refractivity contribution >= 4 is 31.5 Å². The maximum absolute atomic E-state index is 14.3. The molecule has 0 radical (unpaired) electrons. The van der Waals surface area contributed by atoms with Crippen molar-refractivity contribution in [3.8, 4) is 17.1 Å². The molecule has 4 rings (SSSR count). The zero-order valence-corrected chi connectivity index (χ0v) is 25.0. The van der Waals surface area contributed by atoms with Crippen molar-refractivity contribution in [2.24, 2.45) is 0 Å². The van der Waals surface area contributed by atoms with Crippen LogP contribution >= 0.6 is 23.2 Å². The molecule has 40 heavy (non-hydrogen) atoms. The standard InChI is InChI=1S/C25H28Cl2F3N7O2Si/c1-24(2,3)40(4,5)39-19(25(28,29)30)13-35-22(16-8-10-17(26)11-9-16)34-36(23(35)38)14-20-32-15-37(33-20)18-7-6-12-31-21(18)27/h6-12,15,19H,13-14H2,1-5H3. The molecule has 0 fully saturated rings. The molecule has 1 unspecified atom stereocenters. The molecular formula is C25H28Cl2F3N7O2Si. The van der Waals surface area contributed by atoms with Crippen LogP contribution in [0.15, 0.2) is 53.7 Å². The van der Waals surface area contributed by atoms with Gasteiger partial charge in [0.2, 0.25) is 0 Å². The van der Waals surface area contributed by atoms with Crippen LogP contribution in [-0.2, 0) is 17.5 Å². The van der Waals surface area contributed by atoms with Crippen LogP contribution in [0.3, 0.4) is 0 Å². The van der Waals surface area contributed by atoms with Gasteiger partial charge in [0.05, 0.1) is 6.54 Å². The fraction of sp³-hybridized carbons (Fsp3) is 0.400. The molecule has 9 nitrogen and oxygen atoms in total. The molecule has 0 spiro atoms. The summed E-state index contributed by atoms with van der Waals surface area (Å²) in [6.07, 6.45) is -4.03. The Kier molecular flexibility index (Phi) is 8.32. The third kappa shape index (κ3) is 6.48. The van der Waals surface area contributed by atoms with E-state index in [1.165, 1.54) is 17.2 Å². The quantitative estimate of drug-likeness (QED) is 0.179. The normalized spacial score (nSPS) is 13.6. The molecule has 0 aliphatic carbocycles. The smallest absolute Gasteiger partial charge is 0.404 e. The molecule has 3 heterocycles. The summed E-state index contributed by atoms with van der Waals surface area (Å²) in [7, 11) is -2.86. The van der Waals surface area contributed by atoms with Gasteiger partial charge < -0.3 is 4.43 Å². The van der Waals surface area contributed by atoms with E-state index >= 15 is 0 Å². The van der Waals surface area contributed by atoms with Crippen LogP contribution < -0.4 is 5.69 Å². The average Bonchev–Trinajstić information content (AvgIpc) is 3.43. The van der Waals surface area contributed by atoms with Crippen LogP contribution in [0.5, 0.6) is 0 Å². The first-order valence-electron chi connectivity index (χ1n) is 12.3. The third-order valence-corrected chi connectivity index (χ3v) is 11.8. The number of hydrogen-bond donors (Lipinski definition) is 0. The monoisotopic (exact) mass is 613 g/mol. The van der Waals surface area contributed by atoms with Crippen molar-refractivity contribution in [1.29, 1.82) is 0 Å². The second kappa shape index (κ2) is 11.1. The van der Waals surface area contributed by atoms with E-state index in [2.05, 4.69) is 20.2 Å². The number of halogens is 5. The van der Waals surface area contributed by atoms with Gasteiger partial charge in [0.25, 0.3) is 0 Å². The van der Waals surface area contributed by atoms with E-state index in [9.17, 15) is 18.0 Å². The van der Waals surface area contributed by atoms with Crippen molar-refractivity contribution < 1.29 is 17.6 Å². The average molecular weight is 615 g/mol. The number of alkyl halides is 3. The Morgan fingerprint density at radius 1 is 1.02 bits per heavy atom.